The van der Waals surface area contributed by atoms with Gasteiger partial charge in [0.2, 0.25) is 0 Å². The first-order valence-corrected chi connectivity index (χ1v) is 7.37. The van der Waals surface area contributed by atoms with Crippen LogP contribution < -0.4 is 5.32 Å². The van der Waals surface area contributed by atoms with Crippen LogP contribution in [0.25, 0.3) is 0 Å². The number of hydrogen-bond acceptors (Lipinski definition) is 2. The number of hydrogen-bond donors (Lipinski definition) is 1. The van der Waals surface area contributed by atoms with Gasteiger partial charge in [-0.2, -0.15) is 0 Å². The van der Waals surface area contributed by atoms with E-state index in [1.807, 2.05) is 0 Å². The van der Waals surface area contributed by atoms with E-state index in [0.29, 0.717) is 6.04 Å². The zero-order valence-corrected chi connectivity index (χ0v) is 13.0. The molecule has 0 radical (unpaired) electrons. The van der Waals surface area contributed by atoms with Crippen molar-refractivity contribution in [2.45, 2.75) is 77.8 Å². The molecule has 17 heavy (non-hydrogen) atoms. The predicted molar refractivity (Wildman–Crippen MR) is 78.6 cm³/mol. The highest BCUT2D eigenvalue weighted by molar-refractivity contribution is 4.90. The van der Waals surface area contributed by atoms with E-state index in [9.17, 15) is 0 Å². The van der Waals surface area contributed by atoms with E-state index in [-0.39, 0.29) is 5.54 Å². The molecule has 1 unspecified atom stereocenters. The molecule has 2 nitrogen and oxygen atoms in total. The van der Waals surface area contributed by atoms with Gasteiger partial charge >= 0.3 is 0 Å². The first kappa shape index (κ1) is 16.9. The van der Waals surface area contributed by atoms with Crippen LogP contribution in [0.4, 0.5) is 0 Å². The van der Waals surface area contributed by atoms with Crippen LogP contribution in [0.2, 0.25) is 0 Å². The number of rotatable bonds is 10. The highest BCUT2D eigenvalue weighted by Gasteiger charge is 2.30. The van der Waals surface area contributed by atoms with Crippen molar-refractivity contribution in [2.75, 3.05) is 20.6 Å². The van der Waals surface area contributed by atoms with E-state index in [1.165, 1.54) is 38.5 Å². The summed E-state index contributed by atoms with van der Waals surface area (Å²) in [5.41, 5.74) is 0.237. The minimum Gasteiger partial charge on any atom is -0.312 e. The quantitative estimate of drug-likeness (QED) is 0.588. The third-order valence-corrected chi connectivity index (χ3v) is 4.05. The molecule has 1 N–H and O–H groups in total. The predicted octanol–water partition coefficient (Wildman–Crippen LogP) is 3.67. The lowest BCUT2D eigenvalue weighted by atomic mass is 9.88. The summed E-state index contributed by atoms with van der Waals surface area (Å²) in [4.78, 5) is 2.34. The van der Waals surface area contributed by atoms with Crippen LogP contribution in [-0.4, -0.2) is 37.1 Å². The highest BCUT2D eigenvalue weighted by Crippen LogP contribution is 2.21. The van der Waals surface area contributed by atoms with Crippen LogP contribution in [0.3, 0.4) is 0 Å². The maximum atomic E-state index is 3.65. The molecule has 1 atom stereocenters. The minimum atomic E-state index is 0.237. The lowest BCUT2D eigenvalue weighted by molar-refractivity contribution is 0.131. The van der Waals surface area contributed by atoms with Gasteiger partial charge in [-0.3, -0.25) is 0 Å². The van der Waals surface area contributed by atoms with Crippen molar-refractivity contribution in [3.8, 4) is 0 Å². The summed E-state index contributed by atoms with van der Waals surface area (Å²) in [7, 11) is 4.36. The van der Waals surface area contributed by atoms with Gasteiger partial charge in [0, 0.05) is 11.6 Å². The summed E-state index contributed by atoms with van der Waals surface area (Å²) in [5.74, 6) is 0. The topological polar surface area (TPSA) is 15.3 Å². The first-order valence-electron chi connectivity index (χ1n) is 7.37. The Morgan fingerprint density at radius 3 is 2.06 bits per heavy atom. The molecule has 0 rings (SSSR count). The van der Waals surface area contributed by atoms with E-state index in [1.54, 1.807) is 0 Å². The smallest absolute Gasteiger partial charge is 0.0300 e. The second-order valence-electron chi connectivity index (χ2n) is 5.86. The van der Waals surface area contributed by atoms with Crippen molar-refractivity contribution < 1.29 is 0 Å². The van der Waals surface area contributed by atoms with Crippen molar-refractivity contribution >= 4 is 0 Å². The summed E-state index contributed by atoms with van der Waals surface area (Å²) in [6, 6.07) is 0.601. The second-order valence-corrected chi connectivity index (χ2v) is 5.86. The third kappa shape index (κ3) is 6.42. The molecule has 2 heteroatoms. The molecule has 0 aromatic carbocycles. The first-order chi connectivity index (χ1) is 7.96. The lowest BCUT2D eigenvalue weighted by Gasteiger charge is -2.40. The molecule has 0 aromatic rings. The van der Waals surface area contributed by atoms with Crippen molar-refractivity contribution in [1.82, 2.24) is 10.2 Å². The molecule has 0 amide bonds. The SMILES string of the molecule is CCCCCCCC(NCC)C(C)(C)N(C)C. The van der Waals surface area contributed by atoms with E-state index in [2.05, 4.69) is 52.0 Å². The zero-order valence-electron chi connectivity index (χ0n) is 13.0. The van der Waals surface area contributed by atoms with Gasteiger partial charge in [0.05, 0.1) is 0 Å². The molecular weight excluding hydrogens is 208 g/mol. The van der Waals surface area contributed by atoms with Crippen molar-refractivity contribution in [3.63, 3.8) is 0 Å². The normalized spacial score (nSPS) is 14.3. The van der Waals surface area contributed by atoms with Gasteiger partial charge in [-0.1, -0.05) is 46.0 Å². The summed E-state index contributed by atoms with van der Waals surface area (Å²) in [5, 5.41) is 3.65. The highest BCUT2D eigenvalue weighted by atomic mass is 15.2. The van der Waals surface area contributed by atoms with Crippen LogP contribution in [0.5, 0.6) is 0 Å². The Balaban J connectivity index is 4.06. The Bertz CT molecular complexity index is 176. The average molecular weight is 242 g/mol. The van der Waals surface area contributed by atoms with Crippen LogP contribution in [-0.2, 0) is 0 Å². The summed E-state index contributed by atoms with van der Waals surface area (Å²) >= 11 is 0. The summed E-state index contributed by atoms with van der Waals surface area (Å²) < 4.78 is 0. The molecule has 0 spiro atoms. The monoisotopic (exact) mass is 242 g/mol. The van der Waals surface area contributed by atoms with Crippen molar-refractivity contribution in [2.24, 2.45) is 0 Å². The molecular formula is C15H34N2. The van der Waals surface area contributed by atoms with E-state index >= 15 is 0 Å². The molecule has 104 valence electrons. The van der Waals surface area contributed by atoms with Crippen molar-refractivity contribution in [3.05, 3.63) is 0 Å². The number of nitrogens with one attached hydrogen (secondary N) is 1. The minimum absolute atomic E-state index is 0.237. The van der Waals surface area contributed by atoms with Gasteiger partial charge < -0.3 is 10.2 Å². The Hall–Kier alpha value is -0.0800. The Kier molecular flexibility index (Phi) is 8.89. The fourth-order valence-electron chi connectivity index (χ4n) is 2.22. The standard InChI is InChI=1S/C15H34N2/c1-7-9-10-11-12-13-14(16-8-2)15(3,4)17(5)6/h14,16H,7-13H2,1-6H3. The average Bonchev–Trinajstić information content (AvgIpc) is 2.27. The van der Waals surface area contributed by atoms with Gasteiger partial charge in [-0.05, 0) is 40.9 Å². The van der Waals surface area contributed by atoms with Gasteiger partial charge in [-0.25, -0.2) is 0 Å². The molecule has 0 saturated heterocycles. The molecule has 0 saturated carbocycles. The number of nitrogens with zero attached hydrogens (tertiary/aromatic N) is 1. The van der Waals surface area contributed by atoms with Crippen LogP contribution in [0.1, 0.15) is 66.2 Å². The molecule has 0 aromatic heterocycles. The zero-order chi connectivity index (χ0) is 13.3. The largest absolute Gasteiger partial charge is 0.312 e. The Morgan fingerprint density at radius 1 is 1.00 bits per heavy atom. The molecule has 0 fully saturated rings. The van der Waals surface area contributed by atoms with Crippen LogP contribution >= 0.6 is 0 Å². The van der Waals surface area contributed by atoms with E-state index < -0.39 is 0 Å². The molecule has 0 aliphatic carbocycles. The fourth-order valence-corrected chi connectivity index (χ4v) is 2.22. The number of unbranched alkanes of at least 4 members (excludes halogenated alkanes) is 4. The van der Waals surface area contributed by atoms with E-state index in [4.69, 9.17) is 0 Å². The second kappa shape index (κ2) is 8.93. The van der Waals surface area contributed by atoms with Gasteiger partial charge in [0.1, 0.15) is 0 Å². The number of likely N-dealkylation sites (N-methyl/N-ethyl adjacent to an activating group) is 2. The maximum absolute atomic E-state index is 3.65. The molecule has 0 aliphatic rings. The van der Waals surface area contributed by atoms with Gasteiger partial charge in [0.15, 0.2) is 0 Å². The van der Waals surface area contributed by atoms with Crippen LogP contribution in [0, 0.1) is 0 Å². The molecule has 0 bridgehead atoms. The lowest BCUT2D eigenvalue weighted by Crippen LogP contribution is -2.55. The van der Waals surface area contributed by atoms with Gasteiger partial charge in [0.25, 0.3) is 0 Å². The van der Waals surface area contributed by atoms with Gasteiger partial charge in [-0.15, -0.1) is 0 Å². The van der Waals surface area contributed by atoms with Crippen molar-refractivity contribution in [1.29, 1.82) is 0 Å². The summed E-state index contributed by atoms with van der Waals surface area (Å²) in [6.07, 6.45) is 8.16. The third-order valence-electron chi connectivity index (χ3n) is 4.05. The fraction of sp³-hybridized carbons (Fsp3) is 1.00. The Morgan fingerprint density at radius 2 is 1.59 bits per heavy atom. The van der Waals surface area contributed by atoms with Crippen LogP contribution in [0.15, 0.2) is 0 Å². The molecule has 0 aliphatic heterocycles. The maximum Gasteiger partial charge on any atom is 0.0300 e. The summed E-state index contributed by atoms with van der Waals surface area (Å²) in [6.45, 7) is 10.2. The van der Waals surface area contributed by atoms with E-state index in [0.717, 1.165) is 6.54 Å². The molecule has 0 heterocycles. The Labute approximate surface area is 109 Å².